The predicted molar refractivity (Wildman–Crippen MR) is 105 cm³/mol. The second-order valence-electron chi connectivity index (χ2n) is 8.65. The molecule has 2 saturated heterocycles. The van der Waals surface area contributed by atoms with Crippen LogP contribution in [0.25, 0.3) is 0 Å². The first-order valence-corrected chi connectivity index (χ1v) is 10.5. The van der Waals surface area contributed by atoms with E-state index in [2.05, 4.69) is 0 Å². The Morgan fingerprint density at radius 1 is 1.19 bits per heavy atom. The van der Waals surface area contributed by atoms with Crippen molar-refractivity contribution in [3.05, 3.63) is 23.3 Å². The summed E-state index contributed by atoms with van der Waals surface area (Å²) in [7, 11) is 0. The summed E-state index contributed by atoms with van der Waals surface area (Å²) in [5.74, 6) is -1.23. The molecule has 2 heterocycles. The van der Waals surface area contributed by atoms with Crippen molar-refractivity contribution in [1.29, 1.82) is 0 Å². The van der Waals surface area contributed by atoms with Gasteiger partial charge >= 0.3 is 5.97 Å². The zero-order valence-electron chi connectivity index (χ0n) is 17.6. The molecule has 6 N–H and O–H groups in total. The molecule has 1 aliphatic carbocycles. The molecule has 0 radical (unpaired) electrons. The molecule has 2 fully saturated rings. The first-order valence-electron chi connectivity index (χ1n) is 10.5. The van der Waals surface area contributed by atoms with E-state index in [-0.39, 0.29) is 6.61 Å². The Morgan fingerprint density at radius 3 is 2.55 bits per heavy atom. The number of ether oxygens (including phenoxy) is 3. The van der Waals surface area contributed by atoms with Crippen molar-refractivity contribution in [2.45, 2.75) is 81.6 Å². The van der Waals surface area contributed by atoms with E-state index in [9.17, 15) is 35.4 Å². The van der Waals surface area contributed by atoms with Crippen LogP contribution in [0, 0.1) is 5.92 Å². The van der Waals surface area contributed by atoms with Crippen LogP contribution in [-0.4, -0.2) is 98.3 Å². The highest BCUT2D eigenvalue weighted by Gasteiger charge is 2.52. The zero-order valence-corrected chi connectivity index (χ0v) is 17.6. The minimum absolute atomic E-state index is 0.205. The Balaban J connectivity index is 1.87. The highest BCUT2D eigenvalue weighted by molar-refractivity contribution is 5.82. The number of hydrogen-bond acceptors (Lipinski definition) is 10. The molecule has 0 aromatic carbocycles. The Hall–Kier alpha value is -1.37. The summed E-state index contributed by atoms with van der Waals surface area (Å²) in [5.41, 5.74) is -0.326. The number of carbonyl (C=O) groups is 1. The van der Waals surface area contributed by atoms with E-state index in [4.69, 9.17) is 14.2 Å². The standard InChI is InChI=1S/C21H32O10/c1-10-7-14-12(21(2,28)20(27)31-14)5-3-11(8-22)4-6-13(10)29-19-18(26)17(25)16(24)15(9-23)30-19/h4,7,12-19,22-26,28H,3,5-6,8-9H2,1-2H3/b10-7-,11-4+/t12-,13+,14-,15-,16-,17+,18+,19-,21-/m1/s1. The average Bonchev–Trinajstić information content (AvgIpc) is 2.94. The number of esters is 1. The average molecular weight is 444 g/mol. The van der Waals surface area contributed by atoms with E-state index in [1.54, 1.807) is 19.1 Å². The van der Waals surface area contributed by atoms with Gasteiger partial charge in [-0.3, -0.25) is 0 Å². The van der Waals surface area contributed by atoms with Gasteiger partial charge in [0.25, 0.3) is 0 Å². The van der Waals surface area contributed by atoms with Crippen LogP contribution in [0.3, 0.4) is 0 Å². The summed E-state index contributed by atoms with van der Waals surface area (Å²) >= 11 is 0. The van der Waals surface area contributed by atoms with Gasteiger partial charge in [-0.05, 0) is 50.3 Å². The number of hydrogen-bond donors (Lipinski definition) is 6. The summed E-state index contributed by atoms with van der Waals surface area (Å²) in [6, 6.07) is 0. The third kappa shape index (κ3) is 4.86. The highest BCUT2D eigenvalue weighted by Crippen LogP contribution is 2.38. The SMILES string of the molecule is C/C1=C/[C@H]2OC(=O)[C@](C)(O)[C@@H]2CC/C(CO)=C\C[C@@H]1O[C@@H]1O[C@H](CO)[C@@H](O)[C@H](O)[C@@H]1O. The molecule has 0 unspecified atom stereocenters. The van der Waals surface area contributed by atoms with Gasteiger partial charge in [0.2, 0.25) is 0 Å². The first-order chi connectivity index (χ1) is 14.6. The van der Waals surface area contributed by atoms with Gasteiger partial charge < -0.3 is 44.8 Å². The lowest BCUT2D eigenvalue weighted by atomic mass is 9.81. The van der Waals surface area contributed by atoms with Crippen molar-refractivity contribution in [1.82, 2.24) is 0 Å². The van der Waals surface area contributed by atoms with Gasteiger partial charge in [0, 0.05) is 5.92 Å². The van der Waals surface area contributed by atoms with Gasteiger partial charge in [0.15, 0.2) is 11.9 Å². The lowest BCUT2D eigenvalue weighted by molar-refractivity contribution is -0.308. The summed E-state index contributed by atoms with van der Waals surface area (Å²) in [6.45, 7) is 2.37. The summed E-state index contributed by atoms with van der Waals surface area (Å²) in [5, 5.41) is 60.0. The van der Waals surface area contributed by atoms with Crippen LogP contribution in [0.1, 0.15) is 33.1 Å². The van der Waals surface area contributed by atoms with Gasteiger partial charge in [-0.25, -0.2) is 4.79 Å². The number of carbonyl (C=O) groups excluding carboxylic acids is 1. The molecule has 0 aromatic rings. The molecule has 0 spiro atoms. The maximum absolute atomic E-state index is 12.2. The van der Waals surface area contributed by atoms with E-state index in [1.165, 1.54) is 6.92 Å². The van der Waals surface area contributed by atoms with E-state index in [0.717, 1.165) is 0 Å². The van der Waals surface area contributed by atoms with Crippen LogP contribution >= 0.6 is 0 Å². The molecule has 2 aliphatic heterocycles. The number of rotatable bonds is 4. The Labute approximate surface area is 180 Å². The van der Waals surface area contributed by atoms with Gasteiger partial charge in [-0.15, -0.1) is 0 Å². The van der Waals surface area contributed by atoms with E-state index in [1.807, 2.05) is 0 Å². The van der Waals surface area contributed by atoms with Crippen LogP contribution in [0.4, 0.5) is 0 Å². The molecule has 9 atom stereocenters. The molecule has 3 aliphatic rings. The number of fused-ring (bicyclic) bond motifs is 1. The quantitative estimate of drug-likeness (QED) is 0.222. The minimum Gasteiger partial charge on any atom is -0.456 e. The summed E-state index contributed by atoms with van der Waals surface area (Å²) in [4.78, 5) is 12.2. The van der Waals surface area contributed by atoms with Crippen LogP contribution in [0.2, 0.25) is 0 Å². The third-order valence-corrected chi connectivity index (χ3v) is 6.46. The molecule has 0 saturated carbocycles. The van der Waals surface area contributed by atoms with Gasteiger partial charge in [0.05, 0.1) is 19.3 Å². The first kappa shape index (κ1) is 24.3. The smallest absolute Gasteiger partial charge is 0.338 e. The fraction of sp³-hybridized carbons (Fsp3) is 0.762. The molecule has 10 nitrogen and oxygen atoms in total. The third-order valence-electron chi connectivity index (χ3n) is 6.46. The molecular weight excluding hydrogens is 412 g/mol. The van der Waals surface area contributed by atoms with E-state index in [0.29, 0.717) is 30.4 Å². The zero-order chi connectivity index (χ0) is 22.9. The van der Waals surface area contributed by atoms with E-state index < -0.39 is 67.0 Å². The van der Waals surface area contributed by atoms with Crippen molar-refractivity contribution in [2.75, 3.05) is 13.2 Å². The Bertz CT molecular complexity index is 715. The topological polar surface area (TPSA) is 166 Å². The predicted octanol–water partition coefficient (Wildman–Crippen LogP) is -1.49. The van der Waals surface area contributed by atoms with Gasteiger partial charge in [0.1, 0.15) is 30.5 Å². The van der Waals surface area contributed by atoms with Crippen molar-refractivity contribution in [3.63, 3.8) is 0 Å². The summed E-state index contributed by atoms with van der Waals surface area (Å²) < 4.78 is 16.7. The maximum atomic E-state index is 12.2. The molecule has 0 bridgehead atoms. The highest BCUT2D eigenvalue weighted by atomic mass is 16.7. The second kappa shape index (κ2) is 9.63. The van der Waals surface area contributed by atoms with Crippen LogP contribution in [0.5, 0.6) is 0 Å². The van der Waals surface area contributed by atoms with Crippen molar-refractivity contribution in [3.8, 4) is 0 Å². The molecule has 0 aromatic heterocycles. The van der Waals surface area contributed by atoms with Crippen molar-refractivity contribution < 1.29 is 49.6 Å². The molecule has 10 heteroatoms. The number of aliphatic hydroxyl groups is 6. The lowest BCUT2D eigenvalue weighted by Crippen LogP contribution is -2.59. The molecule has 31 heavy (non-hydrogen) atoms. The second-order valence-corrected chi connectivity index (χ2v) is 8.65. The molecule has 3 rings (SSSR count). The largest absolute Gasteiger partial charge is 0.456 e. The normalized spacial score (nSPS) is 47.5. The van der Waals surface area contributed by atoms with Crippen LogP contribution in [0.15, 0.2) is 23.3 Å². The number of aliphatic hydroxyl groups excluding tert-OH is 5. The fourth-order valence-electron chi connectivity index (χ4n) is 4.31. The van der Waals surface area contributed by atoms with Crippen molar-refractivity contribution in [2.24, 2.45) is 5.92 Å². The molecule has 0 amide bonds. The van der Waals surface area contributed by atoms with E-state index >= 15 is 0 Å². The van der Waals surface area contributed by atoms with Crippen LogP contribution < -0.4 is 0 Å². The lowest BCUT2D eigenvalue weighted by Gasteiger charge is -2.41. The maximum Gasteiger partial charge on any atom is 0.338 e. The van der Waals surface area contributed by atoms with Crippen LogP contribution in [-0.2, 0) is 19.0 Å². The van der Waals surface area contributed by atoms with Gasteiger partial charge in [-0.1, -0.05) is 6.08 Å². The Kier molecular flexibility index (Phi) is 7.54. The molecule has 176 valence electrons. The molecular formula is C21H32O10. The van der Waals surface area contributed by atoms with Crippen molar-refractivity contribution >= 4 is 5.97 Å². The summed E-state index contributed by atoms with van der Waals surface area (Å²) in [6.07, 6.45) is -3.77. The fourth-order valence-corrected chi connectivity index (χ4v) is 4.31. The Morgan fingerprint density at radius 2 is 1.90 bits per heavy atom. The monoisotopic (exact) mass is 444 g/mol. The van der Waals surface area contributed by atoms with Gasteiger partial charge in [-0.2, -0.15) is 0 Å². The minimum atomic E-state index is -1.66.